The Bertz CT molecular complexity index is 514. The molecule has 0 aliphatic heterocycles. The third-order valence-electron chi connectivity index (χ3n) is 8.55. The molecule has 0 aliphatic carbocycles. The van der Waals surface area contributed by atoms with E-state index in [2.05, 4.69) is 55.4 Å². The van der Waals surface area contributed by atoms with Crippen LogP contribution in [0.3, 0.4) is 0 Å². The van der Waals surface area contributed by atoms with Crippen molar-refractivity contribution < 1.29 is 26.0 Å². The Hall–Kier alpha value is 0.434. The fourth-order valence-electron chi connectivity index (χ4n) is 5.88. The predicted molar refractivity (Wildman–Crippen MR) is 156 cm³/mol. The molecule has 0 spiro atoms. The van der Waals surface area contributed by atoms with Gasteiger partial charge in [0.2, 0.25) is 0 Å². The van der Waals surface area contributed by atoms with Gasteiger partial charge in [-0.15, -0.1) is 0 Å². The van der Waals surface area contributed by atoms with Gasteiger partial charge in [0, 0.05) is 0 Å². The molecule has 4 heteroatoms. The zero-order valence-electron chi connectivity index (χ0n) is 26.2. The molecule has 4 atom stereocenters. The van der Waals surface area contributed by atoms with Crippen molar-refractivity contribution in [3.8, 4) is 0 Å². The predicted octanol–water partition coefficient (Wildman–Crippen LogP) is 12.2. The van der Waals surface area contributed by atoms with Gasteiger partial charge in [0.05, 0.1) is 0 Å². The molecule has 0 bridgehead atoms. The summed E-state index contributed by atoms with van der Waals surface area (Å²) in [4.78, 5) is 0. The van der Waals surface area contributed by atoms with E-state index in [-0.39, 0.29) is 20.7 Å². The normalized spacial score (nSPS) is 16.1. The molecule has 4 unspecified atom stereocenters. The summed E-state index contributed by atoms with van der Waals surface area (Å²) < 4.78 is 29.7. The summed E-state index contributed by atoms with van der Waals surface area (Å²) >= 11 is -5.06. The first kappa shape index (κ1) is 36.4. The van der Waals surface area contributed by atoms with E-state index in [0.717, 1.165) is 51.4 Å². The van der Waals surface area contributed by atoms with E-state index >= 15 is 3.32 Å². The summed E-state index contributed by atoms with van der Waals surface area (Å²) in [5.41, 5.74) is 0. The molecule has 0 N–H and O–H groups in total. The second-order valence-electron chi connectivity index (χ2n) is 12.2. The molecule has 218 valence electrons. The third kappa shape index (κ3) is 14.0. The van der Waals surface area contributed by atoms with E-state index in [0.29, 0.717) is 0 Å². The first-order chi connectivity index (χ1) is 17.2. The van der Waals surface area contributed by atoms with Crippen molar-refractivity contribution in [2.24, 2.45) is 0 Å². The average Bonchev–Trinajstić information content (AvgIpc) is 2.84. The number of rotatable bonds is 26. The van der Waals surface area contributed by atoms with Crippen LogP contribution in [-0.2, 0) is 26.0 Å². The van der Waals surface area contributed by atoms with Crippen LogP contribution in [0.2, 0.25) is 8.45 Å². The van der Waals surface area contributed by atoms with Crippen LogP contribution < -0.4 is 0 Å². The second kappa shape index (κ2) is 21.3. The molecular formula is C32H68O3Ti. The van der Waals surface area contributed by atoms with Crippen LogP contribution in [0.4, 0.5) is 0 Å². The Labute approximate surface area is 229 Å². The maximum absolute atomic E-state index is 15.8. The van der Waals surface area contributed by atoms with E-state index < -0.39 is 16.1 Å². The molecule has 0 fully saturated rings. The van der Waals surface area contributed by atoms with Gasteiger partial charge in [0.25, 0.3) is 0 Å². The Kier molecular flexibility index (Phi) is 21.5. The molecule has 0 amide bonds. The van der Waals surface area contributed by atoms with Crippen molar-refractivity contribution in [2.75, 3.05) is 0 Å². The molecule has 0 heterocycles. The quantitative estimate of drug-likeness (QED) is 0.0796. The topological polar surface area (TPSA) is 35.5 Å². The van der Waals surface area contributed by atoms with E-state index in [4.69, 9.17) is 6.64 Å². The fourth-order valence-corrected chi connectivity index (χ4v) is 14.0. The average molecular weight is 549 g/mol. The molecule has 3 nitrogen and oxygen atoms in total. The van der Waals surface area contributed by atoms with Gasteiger partial charge in [-0.2, -0.15) is 0 Å². The Morgan fingerprint density at radius 2 is 0.722 bits per heavy atom. The van der Waals surface area contributed by atoms with Crippen molar-refractivity contribution in [1.29, 1.82) is 0 Å². The van der Waals surface area contributed by atoms with Gasteiger partial charge < -0.3 is 0 Å². The van der Waals surface area contributed by atoms with Crippen LogP contribution in [0.25, 0.3) is 0 Å². The van der Waals surface area contributed by atoms with Gasteiger partial charge in [0.1, 0.15) is 0 Å². The summed E-state index contributed by atoms with van der Waals surface area (Å²) in [6.45, 7) is 17.8. The van der Waals surface area contributed by atoms with Gasteiger partial charge in [-0.25, -0.2) is 0 Å². The summed E-state index contributed by atoms with van der Waals surface area (Å²) in [5, 5.41) is 0. The third-order valence-corrected chi connectivity index (χ3v) is 17.7. The van der Waals surface area contributed by atoms with Gasteiger partial charge in [-0.05, 0) is 0 Å². The minimum atomic E-state index is -5.06. The first-order valence-corrected chi connectivity index (χ1v) is 20.1. The Morgan fingerprint density at radius 1 is 0.444 bits per heavy atom. The maximum atomic E-state index is 15.8. The molecule has 0 saturated carbocycles. The zero-order chi connectivity index (χ0) is 27.3. The van der Waals surface area contributed by atoms with Gasteiger partial charge in [-0.3, -0.25) is 0 Å². The summed E-state index contributed by atoms with van der Waals surface area (Å²) in [7, 11) is 0. The Balaban J connectivity index is 5.90. The van der Waals surface area contributed by atoms with Gasteiger partial charge >= 0.3 is 230 Å². The molecule has 0 aromatic rings. The molecule has 0 radical (unpaired) electrons. The van der Waals surface area contributed by atoms with Crippen LogP contribution in [0, 0.1) is 0 Å². The van der Waals surface area contributed by atoms with Crippen molar-refractivity contribution in [3.05, 3.63) is 0 Å². The number of hydrogen-bond acceptors (Lipinski definition) is 3. The van der Waals surface area contributed by atoms with E-state index in [1.54, 1.807) is 0 Å². The molecule has 0 aromatic carbocycles. The fraction of sp³-hybridized carbons (Fsp3) is 1.00. The molecule has 0 aromatic heterocycles. The van der Waals surface area contributed by atoms with E-state index in [1.165, 1.54) is 77.0 Å². The van der Waals surface area contributed by atoms with Crippen LogP contribution in [0.1, 0.15) is 184 Å². The van der Waals surface area contributed by atoms with E-state index in [1.807, 2.05) is 0 Å². The monoisotopic (exact) mass is 548 g/mol. The number of hydrogen-bond donors (Lipinski definition) is 0. The summed E-state index contributed by atoms with van der Waals surface area (Å²) in [5.74, 6) is 0. The standard InChI is InChI=1S/2C8H17O.2C8H17.O.Ti/c2*1-3-4-5-6-7-8(2)9;2*1-3-5-7-8-6-4-2;;/h2*8H,3-7H2,1-2H3;2*3H,4-8H2,1-2H3;;/q2*-1;;;;+2. The van der Waals surface area contributed by atoms with Crippen LogP contribution in [0.15, 0.2) is 0 Å². The molecule has 0 saturated heterocycles. The Morgan fingerprint density at radius 3 is 1.00 bits per heavy atom. The SMILES string of the molecule is CCCCCCC(C)[O][Ti](=[O])([O]C(C)CCCCCC)([CH](C)CCCCCC)[CH](C)CCCCCC. The van der Waals surface area contributed by atoms with Crippen LogP contribution >= 0.6 is 0 Å². The molecule has 36 heavy (non-hydrogen) atoms. The minimum absolute atomic E-state index is 0.000156. The van der Waals surface area contributed by atoms with Crippen LogP contribution in [-0.4, -0.2) is 12.2 Å². The molecule has 0 aliphatic rings. The zero-order valence-corrected chi connectivity index (χ0v) is 27.7. The van der Waals surface area contributed by atoms with Gasteiger partial charge in [0.15, 0.2) is 0 Å². The van der Waals surface area contributed by atoms with Crippen molar-refractivity contribution in [1.82, 2.24) is 0 Å². The molecular weight excluding hydrogens is 480 g/mol. The van der Waals surface area contributed by atoms with Crippen molar-refractivity contribution >= 4 is 0 Å². The number of unbranched alkanes of at least 4 members (excludes halogenated alkanes) is 12. The summed E-state index contributed by atoms with van der Waals surface area (Å²) in [6, 6.07) is 0. The molecule has 0 rings (SSSR count). The second-order valence-corrected chi connectivity index (χ2v) is 19.5. The summed E-state index contributed by atoms with van der Waals surface area (Å²) in [6.07, 6.45) is 23.3. The van der Waals surface area contributed by atoms with Gasteiger partial charge in [-0.1, -0.05) is 0 Å². The van der Waals surface area contributed by atoms with E-state index in [9.17, 15) is 0 Å². The van der Waals surface area contributed by atoms with Crippen molar-refractivity contribution in [2.45, 2.75) is 204 Å². The van der Waals surface area contributed by atoms with Crippen molar-refractivity contribution in [3.63, 3.8) is 0 Å². The van der Waals surface area contributed by atoms with Crippen LogP contribution in [0.5, 0.6) is 0 Å². The first-order valence-electron chi connectivity index (χ1n) is 16.4.